The van der Waals surface area contributed by atoms with E-state index in [1.807, 2.05) is 13.8 Å². The van der Waals surface area contributed by atoms with E-state index in [9.17, 15) is 0 Å². The van der Waals surface area contributed by atoms with Crippen molar-refractivity contribution < 1.29 is 4.74 Å². The number of ether oxygens (including phenoxy) is 1. The summed E-state index contributed by atoms with van der Waals surface area (Å²) in [5.41, 5.74) is 8.76. The van der Waals surface area contributed by atoms with E-state index in [1.165, 1.54) is 19.3 Å². The molecule has 0 unspecified atom stereocenters. The van der Waals surface area contributed by atoms with Gasteiger partial charge in [-0.15, -0.1) is 5.10 Å². The summed E-state index contributed by atoms with van der Waals surface area (Å²) in [4.78, 5) is 0. The Morgan fingerprint density at radius 1 is 1.29 bits per heavy atom. The maximum atomic E-state index is 5.74. The van der Waals surface area contributed by atoms with Gasteiger partial charge in [0.25, 0.3) is 0 Å². The van der Waals surface area contributed by atoms with Crippen molar-refractivity contribution in [1.82, 2.24) is 10.2 Å². The van der Waals surface area contributed by atoms with Gasteiger partial charge in [0, 0.05) is 12.1 Å². The van der Waals surface area contributed by atoms with E-state index in [0.717, 1.165) is 35.8 Å². The van der Waals surface area contributed by atoms with Gasteiger partial charge in [-0.1, -0.05) is 19.3 Å². The van der Waals surface area contributed by atoms with Crippen LogP contribution < -0.4 is 10.5 Å². The van der Waals surface area contributed by atoms with Crippen LogP contribution in [0.5, 0.6) is 5.88 Å². The zero-order valence-corrected chi connectivity index (χ0v) is 10.7. The van der Waals surface area contributed by atoms with Crippen molar-refractivity contribution in [3.05, 3.63) is 16.8 Å². The van der Waals surface area contributed by atoms with Crippen LogP contribution in [0.3, 0.4) is 0 Å². The summed E-state index contributed by atoms with van der Waals surface area (Å²) in [7, 11) is 0. The minimum Gasteiger partial charge on any atom is -0.476 e. The highest BCUT2D eigenvalue weighted by atomic mass is 16.5. The van der Waals surface area contributed by atoms with Gasteiger partial charge < -0.3 is 10.5 Å². The van der Waals surface area contributed by atoms with Crippen molar-refractivity contribution in [3.8, 4) is 5.88 Å². The number of aromatic nitrogens is 2. The van der Waals surface area contributed by atoms with Crippen LogP contribution in [0, 0.1) is 19.8 Å². The third kappa shape index (κ3) is 2.75. The van der Waals surface area contributed by atoms with Gasteiger partial charge in [0.1, 0.15) is 0 Å². The molecule has 0 atom stereocenters. The molecular weight excluding hydrogens is 214 g/mol. The Kier molecular flexibility index (Phi) is 3.94. The highest BCUT2D eigenvalue weighted by Crippen LogP contribution is 2.29. The molecule has 1 saturated carbocycles. The Labute approximate surface area is 103 Å². The molecule has 4 heteroatoms. The Morgan fingerprint density at radius 3 is 2.65 bits per heavy atom. The summed E-state index contributed by atoms with van der Waals surface area (Å²) < 4.78 is 5.72. The largest absolute Gasteiger partial charge is 0.476 e. The van der Waals surface area contributed by atoms with Crippen LogP contribution in [0.4, 0.5) is 0 Å². The maximum absolute atomic E-state index is 5.74. The first-order valence-corrected chi connectivity index (χ1v) is 6.38. The van der Waals surface area contributed by atoms with Gasteiger partial charge in [-0.05, 0) is 31.7 Å². The highest BCUT2D eigenvalue weighted by molar-refractivity contribution is 5.34. The lowest BCUT2D eigenvalue weighted by Gasteiger charge is -2.25. The lowest BCUT2D eigenvalue weighted by Crippen LogP contribution is -2.16. The molecule has 0 bridgehead atoms. The van der Waals surface area contributed by atoms with Crippen molar-refractivity contribution in [1.29, 1.82) is 0 Å². The third-order valence-corrected chi connectivity index (χ3v) is 3.74. The normalized spacial score (nSPS) is 15.7. The molecule has 0 aliphatic heterocycles. The fourth-order valence-electron chi connectivity index (χ4n) is 2.09. The first-order chi connectivity index (χ1) is 8.22. The molecule has 1 aromatic heterocycles. The molecule has 4 nitrogen and oxygen atoms in total. The number of nitrogens with two attached hydrogens (primary N) is 1. The van der Waals surface area contributed by atoms with Gasteiger partial charge in [0.2, 0.25) is 5.88 Å². The van der Waals surface area contributed by atoms with Crippen LogP contribution in [0.1, 0.15) is 42.5 Å². The van der Waals surface area contributed by atoms with E-state index in [1.54, 1.807) is 0 Å². The van der Waals surface area contributed by atoms with Gasteiger partial charge in [0.05, 0.1) is 12.3 Å². The van der Waals surface area contributed by atoms with Crippen molar-refractivity contribution in [2.45, 2.75) is 46.1 Å². The van der Waals surface area contributed by atoms with Crippen molar-refractivity contribution in [2.24, 2.45) is 11.7 Å². The van der Waals surface area contributed by atoms with Crippen LogP contribution in [0.15, 0.2) is 0 Å². The third-order valence-electron chi connectivity index (χ3n) is 3.74. The molecule has 0 amide bonds. The monoisotopic (exact) mass is 235 g/mol. The highest BCUT2D eigenvalue weighted by Gasteiger charge is 2.18. The van der Waals surface area contributed by atoms with E-state index in [4.69, 9.17) is 10.5 Å². The molecule has 94 valence electrons. The molecule has 1 aliphatic rings. The first-order valence-electron chi connectivity index (χ1n) is 6.38. The summed E-state index contributed by atoms with van der Waals surface area (Å²) in [6.07, 6.45) is 5.21. The van der Waals surface area contributed by atoms with E-state index in [-0.39, 0.29) is 0 Å². The minimum atomic E-state index is 0.459. The van der Waals surface area contributed by atoms with E-state index < -0.39 is 0 Å². The van der Waals surface area contributed by atoms with Crippen LogP contribution >= 0.6 is 0 Å². The quantitative estimate of drug-likeness (QED) is 0.849. The lowest BCUT2D eigenvalue weighted by molar-refractivity contribution is 0.214. The number of aryl methyl sites for hydroxylation is 1. The Balaban J connectivity index is 1.96. The second-order valence-corrected chi connectivity index (χ2v) is 4.83. The fourth-order valence-corrected chi connectivity index (χ4v) is 2.09. The maximum Gasteiger partial charge on any atom is 0.238 e. The van der Waals surface area contributed by atoms with Gasteiger partial charge in [0.15, 0.2) is 0 Å². The minimum absolute atomic E-state index is 0.459. The molecule has 0 radical (unpaired) electrons. The van der Waals surface area contributed by atoms with Crippen LogP contribution in [-0.2, 0) is 6.54 Å². The molecule has 1 fully saturated rings. The zero-order chi connectivity index (χ0) is 12.3. The van der Waals surface area contributed by atoms with E-state index >= 15 is 0 Å². The Hall–Kier alpha value is -1.16. The second kappa shape index (κ2) is 5.45. The second-order valence-electron chi connectivity index (χ2n) is 4.83. The van der Waals surface area contributed by atoms with E-state index in [2.05, 4.69) is 10.2 Å². The van der Waals surface area contributed by atoms with Gasteiger partial charge in [-0.25, -0.2) is 0 Å². The molecule has 0 saturated heterocycles. The molecule has 2 N–H and O–H groups in total. The number of nitrogens with zero attached hydrogens (tertiary/aromatic N) is 2. The average molecular weight is 235 g/mol. The van der Waals surface area contributed by atoms with Gasteiger partial charge in [-0.2, -0.15) is 5.10 Å². The first kappa shape index (κ1) is 12.3. The molecular formula is C13H21N3O. The number of hydrogen-bond donors (Lipinski definition) is 1. The predicted octanol–water partition coefficient (Wildman–Crippen LogP) is 2.12. The molecule has 0 spiro atoms. The number of hydrogen-bond acceptors (Lipinski definition) is 4. The zero-order valence-electron chi connectivity index (χ0n) is 10.7. The SMILES string of the molecule is Cc1nnc(OCCC2CCC2)c(CN)c1C. The summed E-state index contributed by atoms with van der Waals surface area (Å²) in [5.74, 6) is 1.48. The van der Waals surface area contributed by atoms with Crippen molar-refractivity contribution in [2.75, 3.05) is 6.61 Å². The van der Waals surface area contributed by atoms with E-state index in [0.29, 0.717) is 12.4 Å². The summed E-state index contributed by atoms with van der Waals surface area (Å²) in [6.45, 7) is 5.15. The topological polar surface area (TPSA) is 61.0 Å². The average Bonchev–Trinajstić information content (AvgIpc) is 2.27. The smallest absolute Gasteiger partial charge is 0.238 e. The van der Waals surface area contributed by atoms with Crippen LogP contribution in [-0.4, -0.2) is 16.8 Å². The van der Waals surface area contributed by atoms with Crippen LogP contribution in [0.2, 0.25) is 0 Å². The molecule has 1 aromatic rings. The summed E-state index contributed by atoms with van der Waals surface area (Å²) in [6, 6.07) is 0. The molecule has 0 aromatic carbocycles. The molecule has 1 heterocycles. The Morgan fingerprint density at radius 2 is 2.06 bits per heavy atom. The Bertz CT molecular complexity index is 388. The molecule has 17 heavy (non-hydrogen) atoms. The predicted molar refractivity (Wildman–Crippen MR) is 66.9 cm³/mol. The number of rotatable bonds is 5. The van der Waals surface area contributed by atoms with Gasteiger partial charge >= 0.3 is 0 Å². The fraction of sp³-hybridized carbons (Fsp3) is 0.692. The lowest BCUT2D eigenvalue weighted by atomic mass is 9.83. The summed E-state index contributed by atoms with van der Waals surface area (Å²) >= 11 is 0. The summed E-state index contributed by atoms with van der Waals surface area (Å²) in [5, 5.41) is 8.19. The van der Waals surface area contributed by atoms with Gasteiger partial charge in [-0.3, -0.25) is 0 Å². The van der Waals surface area contributed by atoms with Crippen molar-refractivity contribution in [3.63, 3.8) is 0 Å². The van der Waals surface area contributed by atoms with Crippen LogP contribution in [0.25, 0.3) is 0 Å². The standard InChI is InChI=1S/C13H21N3O/c1-9-10(2)15-16-13(12(9)8-14)17-7-6-11-4-3-5-11/h11H,3-8,14H2,1-2H3. The van der Waals surface area contributed by atoms with Crippen molar-refractivity contribution >= 4 is 0 Å². The molecule has 2 rings (SSSR count). The molecule has 1 aliphatic carbocycles.